The van der Waals surface area contributed by atoms with Crippen LogP contribution in [0.15, 0.2) is 35.4 Å². The van der Waals surface area contributed by atoms with Crippen LogP contribution < -0.4 is 4.72 Å². The number of anilines is 1. The third-order valence-corrected chi connectivity index (χ3v) is 4.28. The van der Waals surface area contributed by atoms with Crippen molar-refractivity contribution >= 4 is 15.7 Å². The number of sulfonamides is 1. The van der Waals surface area contributed by atoms with Crippen LogP contribution in [0.25, 0.3) is 0 Å². The Bertz CT molecular complexity index is 735. The first-order valence-electron chi connectivity index (χ1n) is 6.15. The molecule has 0 atom stereocenters. The molecule has 1 heterocycles. The van der Waals surface area contributed by atoms with Crippen molar-refractivity contribution in [3.8, 4) is 0 Å². The van der Waals surface area contributed by atoms with Gasteiger partial charge in [-0.25, -0.2) is 17.2 Å². The summed E-state index contributed by atoms with van der Waals surface area (Å²) in [4.78, 5) is -0.128. The van der Waals surface area contributed by atoms with Gasteiger partial charge < -0.3 is 9.67 Å². The fraction of sp³-hybridized carbons (Fsp3) is 0.231. The topological polar surface area (TPSA) is 71.3 Å². The maximum absolute atomic E-state index is 13.5. The number of aromatic nitrogens is 1. The fourth-order valence-corrected chi connectivity index (χ4v) is 3.00. The highest BCUT2D eigenvalue weighted by molar-refractivity contribution is 7.92. The number of nitrogens with one attached hydrogen (secondary N) is 1. The van der Waals surface area contributed by atoms with Crippen molar-refractivity contribution in [3.63, 3.8) is 0 Å². The van der Waals surface area contributed by atoms with E-state index in [1.54, 1.807) is 11.5 Å². The summed E-state index contributed by atoms with van der Waals surface area (Å²) in [7, 11) is -4.06. The van der Waals surface area contributed by atoms with E-state index in [9.17, 15) is 17.2 Å². The first kappa shape index (κ1) is 15.5. The molecule has 0 aliphatic heterocycles. The van der Waals surface area contributed by atoms with Crippen molar-refractivity contribution in [1.29, 1.82) is 0 Å². The fourth-order valence-electron chi connectivity index (χ4n) is 1.88. The normalized spacial score (nSPS) is 11.6. The van der Waals surface area contributed by atoms with E-state index in [0.29, 0.717) is 12.2 Å². The molecular formula is C13H14F2N2O3S. The molecule has 0 aliphatic rings. The average molecular weight is 316 g/mol. The van der Waals surface area contributed by atoms with Gasteiger partial charge in [-0.05, 0) is 25.1 Å². The highest BCUT2D eigenvalue weighted by atomic mass is 32.2. The van der Waals surface area contributed by atoms with E-state index in [0.717, 1.165) is 18.2 Å². The number of nitrogens with zero attached hydrogens (tertiary/aromatic N) is 1. The number of halogens is 2. The lowest BCUT2D eigenvalue weighted by Gasteiger charge is -2.07. The molecule has 2 N–H and O–H groups in total. The number of aliphatic hydroxyl groups excluding tert-OH is 1. The third-order valence-electron chi connectivity index (χ3n) is 2.95. The zero-order chi connectivity index (χ0) is 15.6. The van der Waals surface area contributed by atoms with Gasteiger partial charge in [-0.3, -0.25) is 4.72 Å². The monoisotopic (exact) mass is 316 g/mol. The minimum atomic E-state index is -4.06. The summed E-state index contributed by atoms with van der Waals surface area (Å²) in [6.45, 7) is 1.94. The highest BCUT2D eigenvalue weighted by Crippen LogP contribution is 2.21. The largest absolute Gasteiger partial charge is 0.390 e. The number of hydrogen-bond donors (Lipinski definition) is 2. The smallest absolute Gasteiger partial charge is 0.263 e. The van der Waals surface area contributed by atoms with E-state index in [1.807, 2.05) is 4.72 Å². The summed E-state index contributed by atoms with van der Waals surface area (Å²) in [6, 6.07) is 3.77. The second-order valence-corrected chi connectivity index (χ2v) is 6.02. The van der Waals surface area contributed by atoms with E-state index < -0.39 is 27.3 Å². The molecule has 0 spiro atoms. The van der Waals surface area contributed by atoms with E-state index in [2.05, 4.69) is 0 Å². The van der Waals surface area contributed by atoms with Crippen LogP contribution in [0.3, 0.4) is 0 Å². The number of hydrogen-bond acceptors (Lipinski definition) is 3. The van der Waals surface area contributed by atoms with E-state index in [-0.39, 0.29) is 11.5 Å². The second kappa shape index (κ2) is 5.82. The quantitative estimate of drug-likeness (QED) is 0.887. The van der Waals surface area contributed by atoms with Crippen LogP contribution >= 0.6 is 0 Å². The summed E-state index contributed by atoms with van der Waals surface area (Å²) < 4.78 is 54.4. The Kier molecular flexibility index (Phi) is 4.29. The summed E-state index contributed by atoms with van der Waals surface area (Å²) in [6.07, 6.45) is 1.32. The predicted octanol–water partition coefficient (Wildman–Crippen LogP) is 2.08. The summed E-state index contributed by atoms with van der Waals surface area (Å²) in [5.41, 5.74) is -0.0533. The molecular weight excluding hydrogens is 302 g/mol. The van der Waals surface area contributed by atoms with E-state index in [4.69, 9.17) is 5.11 Å². The van der Waals surface area contributed by atoms with Crippen LogP contribution in [0.4, 0.5) is 14.5 Å². The van der Waals surface area contributed by atoms with Crippen molar-refractivity contribution in [2.45, 2.75) is 25.0 Å². The molecule has 2 rings (SSSR count). The number of aryl methyl sites for hydroxylation is 1. The van der Waals surface area contributed by atoms with E-state index in [1.165, 1.54) is 12.3 Å². The third kappa shape index (κ3) is 3.22. The maximum atomic E-state index is 13.5. The molecule has 0 bridgehead atoms. The molecule has 0 aliphatic carbocycles. The SMILES string of the molecule is CCn1cc(S(=O)(=O)Nc2cc(F)ccc2F)cc1CO. The summed E-state index contributed by atoms with van der Waals surface area (Å²) in [5, 5.41) is 9.15. The Morgan fingerprint density at radius 3 is 2.57 bits per heavy atom. The van der Waals surface area contributed by atoms with Crippen molar-refractivity contribution in [1.82, 2.24) is 4.57 Å². The first-order chi connectivity index (χ1) is 9.87. The van der Waals surface area contributed by atoms with Crippen molar-refractivity contribution < 1.29 is 22.3 Å². The average Bonchev–Trinajstić information content (AvgIpc) is 2.86. The van der Waals surface area contributed by atoms with Gasteiger partial charge in [0.05, 0.1) is 12.3 Å². The van der Waals surface area contributed by atoms with Crippen molar-refractivity contribution in [2.75, 3.05) is 4.72 Å². The zero-order valence-corrected chi connectivity index (χ0v) is 12.0. The highest BCUT2D eigenvalue weighted by Gasteiger charge is 2.20. The number of aliphatic hydroxyl groups is 1. The number of benzene rings is 1. The predicted molar refractivity (Wildman–Crippen MR) is 73.2 cm³/mol. The first-order valence-corrected chi connectivity index (χ1v) is 7.63. The van der Waals surface area contributed by atoms with Gasteiger partial charge in [0.25, 0.3) is 10.0 Å². The zero-order valence-electron chi connectivity index (χ0n) is 11.2. The molecule has 0 unspecified atom stereocenters. The number of rotatable bonds is 5. The Hall–Kier alpha value is -1.93. The maximum Gasteiger partial charge on any atom is 0.263 e. The van der Waals surface area contributed by atoms with Crippen LogP contribution in [0, 0.1) is 11.6 Å². The molecule has 0 amide bonds. The van der Waals surface area contributed by atoms with Crippen LogP contribution in [-0.4, -0.2) is 18.1 Å². The van der Waals surface area contributed by atoms with Crippen molar-refractivity contribution in [3.05, 3.63) is 47.8 Å². The molecule has 1 aromatic heterocycles. The molecule has 0 saturated carbocycles. The minimum Gasteiger partial charge on any atom is -0.390 e. The Balaban J connectivity index is 2.38. The van der Waals surface area contributed by atoms with Gasteiger partial charge >= 0.3 is 0 Å². The lowest BCUT2D eigenvalue weighted by atomic mass is 10.3. The van der Waals surface area contributed by atoms with Crippen LogP contribution in [0.5, 0.6) is 0 Å². The van der Waals surface area contributed by atoms with Crippen molar-refractivity contribution in [2.24, 2.45) is 0 Å². The molecule has 8 heteroatoms. The van der Waals surface area contributed by atoms with Gasteiger partial charge in [-0.15, -0.1) is 0 Å². The van der Waals surface area contributed by atoms with Gasteiger partial charge in [0.15, 0.2) is 0 Å². The minimum absolute atomic E-state index is 0.128. The van der Waals surface area contributed by atoms with Crippen LogP contribution in [0.2, 0.25) is 0 Å². The molecule has 2 aromatic rings. The molecule has 5 nitrogen and oxygen atoms in total. The van der Waals surface area contributed by atoms with Gasteiger partial charge in [0.2, 0.25) is 0 Å². The van der Waals surface area contributed by atoms with Gasteiger partial charge in [0.1, 0.15) is 16.5 Å². The van der Waals surface area contributed by atoms with Gasteiger partial charge in [-0.2, -0.15) is 0 Å². The van der Waals surface area contributed by atoms with Crippen LogP contribution in [-0.2, 0) is 23.2 Å². The lowest BCUT2D eigenvalue weighted by Crippen LogP contribution is -2.13. The van der Waals surface area contributed by atoms with Gasteiger partial charge in [0, 0.05) is 24.5 Å². The molecule has 114 valence electrons. The Morgan fingerprint density at radius 2 is 2.00 bits per heavy atom. The molecule has 0 saturated heterocycles. The Morgan fingerprint density at radius 1 is 1.29 bits per heavy atom. The Labute approximate surface area is 120 Å². The molecule has 0 radical (unpaired) electrons. The standard InChI is InChI=1S/C13H14F2N2O3S/c1-2-17-7-11(6-10(17)8-18)21(19,20)16-13-5-9(14)3-4-12(13)15/h3-7,16,18H,2,8H2,1H3. The van der Waals surface area contributed by atoms with E-state index >= 15 is 0 Å². The van der Waals surface area contributed by atoms with Crippen LogP contribution in [0.1, 0.15) is 12.6 Å². The lowest BCUT2D eigenvalue weighted by molar-refractivity contribution is 0.271. The molecule has 21 heavy (non-hydrogen) atoms. The molecule has 0 fully saturated rings. The second-order valence-electron chi connectivity index (χ2n) is 4.34. The molecule has 1 aromatic carbocycles. The summed E-state index contributed by atoms with van der Waals surface area (Å²) >= 11 is 0. The summed E-state index contributed by atoms with van der Waals surface area (Å²) in [5.74, 6) is -1.63. The van der Waals surface area contributed by atoms with Gasteiger partial charge in [-0.1, -0.05) is 0 Å².